The Bertz CT molecular complexity index is 2130. The topological polar surface area (TPSA) is 4.41 Å². The number of hydrogen-bond donors (Lipinski definition) is 0. The minimum absolute atomic E-state index is 0.0134. The van der Waals surface area contributed by atoms with Crippen molar-refractivity contribution in [3.8, 4) is 22.3 Å². The van der Waals surface area contributed by atoms with Gasteiger partial charge in [0.25, 0.3) is 0 Å². The van der Waals surface area contributed by atoms with Gasteiger partial charge in [0.05, 0.1) is 16.6 Å². The van der Waals surface area contributed by atoms with Crippen molar-refractivity contribution in [3.63, 3.8) is 0 Å². The molecular weight excluding hydrogens is 446 g/mol. The molecule has 0 aliphatic heterocycles. The van der Waals surface area contributed by atoms with Crippen LogP contribution in [-0.2, 0) is 10.8 Å². The van der Waals surface area contributed by atoms with Crippen molar-refractivity contribution in [1.29, 1.82) is 0 Å². The quantitative estimate of drug-likeness (QED) is 0.207. The van der Waals surface area contributed by atoms with E-state index < -0.39 is 0 Å². The molecule has 0 bridgehead atoms. The van der Waals surface area contributed by atoms with E-state index in [2.05, 4.69) is 123 Å². The van der Waals surface area contributed by atoms with E-state index in [-0.39, 0.29) is 10.8 Å². The average Bonchev–Trinajstić information content (AvgIpc) is 3.56. The van der Waals surface area contributed by atoms with Gasteiger partial charge in [-0.05, 0) is 68.8 Å². The second kappa shape index (κ2) is 6.06. The van der Waals surface area contributed by atoms with Crippen molar-refractivity contribution in [1.82, 2.24) is 4.40 Å². The Labute approximate surface area is 216 Å². The van der Waals surface area contributed by atoms with Crippen LogP contribution >= 0.6 is 0 Å². The largest absolute Gasteiger partial charge is 0.308 e. The average molecular weight is 474 g/mol. The van der Waals surface area contributed by atoms with Crippen molar-refractivity contribution in [3.05, 3.63) is 113 Å². The third-order valence-corrected chi connectivity index (χ3v) is 9.68. The van der Waals surface area contributed by atoms with Crippen molar-refractivity contribution >= 4 is 38.1 Å². The van der Waals surface area contributed by atoms with Gasteiger partial charge in [0, 0.05) is 32.4 Å². The van der Waals surface area contributed by atoms with E-state index >= 15 is 0 Å². The highest BCUT2D eigenvalue weighted by Crippen LogP contribution is 2.56. The van der Waals surface area contributed by atoms with Crippen LogP contribution in [0.25, 0.3) is 60.3 Å². The predicted molar refractivity (Wildman–Crippen MR) is 156 cm³/mol. The molecule has 0 atom stereocenters. The molecule has 0 amide bonds. The molecule has 7 aromatic rings. The van der Waals surface area contributed by atoms with E-state index in [0.29, 0.717) is 0 Å². The number of para-hydroxylation sites is 1. The summed E-state index contributed by atoms with van der Waals surface area (Å²) in [6.45, 7) is 9.57. The monoisotopic (exact) mass is 473 g/mol. The van der Waals surface area contributed by atoms with Crippen LogP contribution in [0, 0.1) is 0 Å². The van der Waals surface area contributed by atoms with E-state index in [1.165, 1.54) is 82.6 Å². The minimum atomic E-state index is -0.0448. The minimum Gasteiger partial charge on any atom is -0.308 e. The molecule has 9 rings (SSSR count). The van der Waals surface area contributed by atoms with Crippen LogP contribution in [0.3, 0.4) is 0 Å². The van der Waals surface area contributed by atoms with Gasteiger partial charge in [0.15, 0.2) is 0 Å². The van der Waals surface area contributed by atoms with E-state index in [9.17, 15) is 0 Å². The lowest BCUT2D eigenvalue weighted by Crippen LogP contribution is -2.15. The molecule has 0 fully saturated rings. The van der Waals surface area contributed by atoms with Crippen LogP contribution in [0.4, 0.5) is 0 Å². The Morgan fingerprint density at radius 2 is 1.11 bits per heavy atom. The normalized spacial score (nSPS) is 16.5. The smallest absolute Gasteiger partial charge is 0.0624 e. The van der Waals surface area contributed by atoms with Crippen LogP contribution in [0.1, 0.15) is 49.9 Å². The van der Waals surface area contributed by atoms with Crippen molar-refractivity contribution in [2.24, 2.45) is 0 Å². The predicted octanol–water partition coefficient (Wildman–Crippen LogP) is 9.45. The molecule has 5 aromatic carbocycles. The Kier molecular flexibility index (Phi) is 3.28. The molecular formula is C36H27N. The number of rotatable bonds is 0. The number of nitrogens with zero attached hydrogens (tertiary/aromatic N) is 1. The van der Waals surface area contributed by atoms with Gasteiger partial charge in [0.1, 0.15) is 0 Å². The maximum atomic E-state index is 2.56. The van der Waals surface area contributed by atoms with Crippen LogP contribution in [0.5, 0.6) is 0 Å². The van der Waals surface area contributed by atoms with E-state index in [1.807, 2.05) is 0 Å². The lowest BCUT2D eigenvalue weighted by molar-refractivity contribution is 0.661. The van der Waals surface area contributed by atoms with Gasteiger partial charge in [-0.15, -0.1) is 0 Å². The van der Waals surface area contributed by atoms with Crippen LogP contribution in [-0.4, -0.2) is 4.40 Å². The molecule has 0 saturated carbocycles. The van der Waals surface area contributed by atoms with E-state index in [4.69, 9.17) is 0 Å². The zero-order valence-electron chi connectivity index (χ0n) is 21.6. The number of aromatic nitrogens is 1. The highest BCUT2D eigenvalue weighted by atomic mass is 14.9. The standard InChI is InChI=1S/C36H27N/c1-35(2)27-14-8-5-11-20(27)23-17-24-26-18-25-21-12-6-9-15-28(21)36(3,4)33(25)32-22-13-7-10-16-30(22)37(34(26)32)31(24)19-29(23)35/h5-19H,1-4H3. The van der Waals surface area contributed by atoms with Gasteiger partial charge < -0.3 is 4.40 Å². The summed E-state index contributed by atoms with van der Waals surface area (Å²) in [7, 11) is 0. The van der Waals surface area contributed by atoms with Gasteiger partial charge in [-0.2, -0.15) is 0 Å². The third kappa shape index (κ3) is 2.09. The Morgan fingerprint density at radius 3 is 1.89 bits per heavy atom. The lowest BCUT2D eigenvalue weighted by atomic mass is 9.80. The first-order valence-electron chi connectivity index (χ1n) is 13.4. The molecule has 2 aliphatic carbocycles. The Balaban J connectivity index is 1.55. The van der Waals surface area contributed by atoms with Gasteiger partial charge >= 0.3 is 0 Å². The fraction of sp³-hybridized carbons (Fsp3) is 0.167. The second-order valence-corrected chi connectivity index (χ2v) is 12.2. The van der Waals surface area contributed by atoms with Crippen molar-refractivity contribution in [2.45, 2.75) is 38.5 Å². The van der Waals surface area contributed by atoms with Crippen LogP contribution < -0.4 is 0 Å². The molecule has 37 heavy (non-hydrogen) atoms. The molecule has 2 aliphatic rings. The highest BCUT2D eigenvalue weighted by molar-refractivity contribution is 6.27. The third-order valence-electron chi connectivity index (χ3n) is 9.68. The summed E-state index contributed by atoms with van der Waals surface area (Å²) >= 11 is 0. The van der Waals surface area contributed by atoms with Crippen molar-refractivity contribution < 1.29 is 0 Å². The molecule has 2 aromatic heterocycles. The van der Waals surface area contributed by atoms with E-state index in [1.54, 1.807) is 0 Å². The molecule has 0 unspecified atom stereocenters. The molecule has 0 N–H and O–H groups in total. The first-order chi connectivity index (χ1) is 17.9. The Hall–Kier alpha value is -4.10. The summed E-state index contributed by atoms with van der Waals surface area (Å²) in [6, 6.07) is 34.5. The fourth-order valence-corrected chi connectivity index (χ4v) is 8.02. The van der Waals surface area contributed by atoms with Crippen LogP contribution in [0.15, 0.2) is 91.0 Å². The Morgan fingerprint density at radius 1 is 0.486 bits per heavy atom. The highest BCUT2D eigenvalue weighted by Gasteiger charge is 2.40. The molecule has 1 nitrogen and oxygen atoms in total. The number of hydrogen-bond acceptors (Lipinski definition) is 0. The maximum absolute atomic E-state index is 2.56. The molecule has 0 radical (unpaired) electrons. The summed E-state index contributed by atoms with van der Waals surface area (Å²) < 4.78 is 2.56. The molecule has 0 spiro atoms. The van der Waals surface area contributed by atoms with Gasteiger partial charge in [-0.1, -0.05) is 94.4 Å². The first kappa shape index (κ1) is 20.0. The first-order valence-corrected chi connectivity index (χ1v) is 13.4. The molecule has 0 saturated heterocycles. The molecule has 2 heterocycles. The van der Waals surface area contributed by atoms with Crippen molar-refractivity contribution in [2.75, 3.05) is 0 Å². The van der Waals surface area contributed by atoms with Crippen LogP contribution in [0.2, 0.25) is 0 Å². The van der Waals surface area contributed by atoms with Gasteiger partial charge in [0.2, 0.25) is 0 Å². The van der Waals surface area contributed by atoms with E-state index in [0.717, 1.165) is 0 Å². The van der Waals surface area contributed by atoms with Gasteiger partial charge in [-0.25, -0.2) is 0 Å². The van der Waals surface area contributed by atoms with Gasteiger partial charge in [-0.3, -0.25) is 0 Å². The number of benzene rings is 5. The lowest BCUT2D eigenvalue weighted by Gasteiger charge is -2.22. The number of fused-ring (bicyclic) bond motifs is 13. The summed E-state index contributed by atoms with van der Waals surface area (Å²) in [5, 5.41) is 5.53. The fourth-order valence-electron chi connectivity index (χ4n) is 8.02. The zero-order chi connectivity index (χ0) is 24.8. The molecule has 176 valence electrons. The summed E-state index contributed by atoms with van der Waals surface area (Å²) in [5.74, 6) is 0. The summed E-state index contributed by atoms with van der Waals surface area (Å²) in [4.78, 5) is 0. The summed E-state index contributed by atoms with van der Waals surface area (Å²) in [5.41, 5.74) is 15.3. The second-order valence-electron chi connectivity index (χ2n) is 12.2. The molecule has 1 heteroatoms. The maximum Gasteiger partial charge on any atom is 0.0624 e. The SMILES string of the molecule is CC1(C)c2ccccc2-c2cc3c4cc5c(c6c7ccccc7n(c3cc21)c46)C(C)(C)c1ccccc1-5. The zero-order valence-corrected chi connectivity index (χ0v) is 21.6. The summed E-state index contributed by atoms with van der Waals surface area (Å²) in [6.07, 6.45) is 0.